The average molecular weight is 522 g/mol. The van der Waals surface area contributed by atoms with Crippen molar-refractivity contribution in [2.75, 3.05) is 39.0 Å². The van der Waals surface area contributed by atoms with Crippen LogP contribution in [0, 0.1) is 12.8 Å². The van der Waals surface area contributed by atoms with Crippen molar-refractivity contribution in [1.29, 1.82) is 0 Å². The van der Waals surface area contributed by atoms with Crippen LogP contribution in [-0.4, -0.2) is 57.7 Å². The number of benzene rings is 1. The molecule has 1 fully saturated rings. The maximum Gasteiger partial charge on any atom is 0.211 e. The molecule has 1 aliphatic rings. The van der Waals surface area contributed by atoms with Gasteiger partial charge in [-0.3, -0.25) is 4.99 Å². The lowest BCUT2D eigenvalue weighted by Crippen LogP contribution is -2.44. The molecule has 6 nitrogen and oxygen atoms in total. The predicted octanol–water partition coefficient (Wildman–Crippen LogP) is 2.94. The highest BCUT2D eigenvalue weighted by atomic mass is 127. The fraction of sp³-hybridized carbons (Fsp3) is 0.650. The first-order chi connectivity index (χ1) is 12.8. The predicted molar refractivity (Wildman–Crippen MR) is 128 cm³/mol. The summed E-state index contributed by atoms with van der Waals surface area (Å²) in [6, 6.07) is 8.63. The SMILES string of the molecule is CCNC(=NCC(C)c1ccc(C)cc1)NCC1CCN(S(C)(=O)=O)CC1.I. The first kappa shape index (κ1) is 25.2. The molecule has 2 rings (SSSR count). The van der Waals surface area contributed by atoms with Crippen LogP contribution in [0.5, 0.6) is 0 Å². The van der Waals surface area contributed by atoms with Gasteiger partial charge in [0.05, 0.1) is 6.26 Å². The third-order valence-corrected chi connectivity index (χ3v) is 6.42. The summed E-state index contributed by atoms with van der Waals surface area (Å²) in [5, 5.41) is 6.73. The normalized spacial score (nSPS) is 17.6. The molecule has 0 radical (unpaired) electrons. The van der Waals surface area contributed by atoms with Gasteiger partial charge in [0, 0.05) is 38.6 Å². The number of aliphatic imine (C=N–C) groups is 1. The van der Waals surface area contributed by atoms with Crippen LogP contribution in [0.25, 0.3) is 0 Å². The van der Waals surface area contributed by atoms with E-state index in [1.165, 1.54) is 17.4 Å². The molecule has 1 aromatic carbocycles. The monoisotopic (exact) mass is 522 g/mol. The minimum absolute atomic E-state index is 0. The zero-order valence-electron chi connectivity index (χ0n) is 17.4. The Morgan fingerprint density at radius 3 is 2.36 bits per heavy atom. The number of hydrogen-bond donors (Lipinski definition) is 2. The van der Waals surface area contributed by atoms with Crippen LogP contribution >= 0.6 is 24.0 Å². The number of nitrogens with zero attached hydrogens (tertiary/aromatic N) is 2. The molecule has 0 aromatic heterocycles. The summed E-state index contributed by atoms with van der Waals surface area (Å²) in [7, 11) is -3.06. The lowest BCUT2D eigenvalue weighted by molar-refractivity contribution is 0.275. The van der Waals surface area contributed by atoms with Gasteiger partial charge in [-0.25, -0.2) is 12.7 Å². The fourth-order valence-corrected chi connectivity index (χ4v) is 4.13. The van der Waals surface area contributed by atoms with Crippen molar-refractivity contribution in [2.45, 2.75) is 39.5 Å². The Hall–Kier alpha value is -0.870. The molecule has 160 valence electrons. The zero-order valence-corrected chi connectivity index (χ0v) is 20.6. The lowest BCUT2D eigenvalue weighted by Gasteiger charge is -2.30. The van der Waals surface area contributed by atoms with E-state index in [0.29, 0.717) is 24.9 Å². The highest BCUT2D eigenvalue weighted by molar-refractivity contribution is 14.0. The van der Waals surface area contributed by atoms with Crippen LogP contribution < -0.4 is 10.6 Å². The van der Waals surface area contributed by atoms with Gasteiger partial charge in [0.15, 0.2) is 5.96 Å². The van der Waals surface area contributed by atoms with Crippen LogP contribution in [0.4, 0.5) is 0 Å². The molecule has 1 unspecified atom stereocenters. The van der Waals surface area contributed by atoms with Crippen molar-refractivity contribution >= 4 is 40.0 Å². The summed E-state index contributed by atoms with van der Waals surface area (Å²) >= 11 is 0. The summed E-state index contributed by atoms with van der Waals surface area (Å²) in [5.74, 6) is 1.67. The molecule has 28 heavy (non-hydrogen) atoms. The van der Waals surface area contributed by atoms with Gasteiger partial charge in [0.25, 0.3) is 0 Å². The fourth-order valence-electron chi connectivity index (χ4n) is 3.26. The smallest absolute Gasteiger partial charge is 0.211 e. The van der Waals surface area contributed by atoms with Gasteiger partial charge in [0.2, 0.25) is 10.0 Å². The van der Waals surface area contributed by atoms with Gasteiger partial charge >= 0.3 is 0 Å². The molecule has 0 amide bonds. The molecule has 0 bridgehead atoms. The number of hydrogen-bond acceptors (Lipinski definition) is 3. The quantitative estimate of drug-likeness (QED) is 0.328. The third-order valence-electron chi connectivity index (χ3n) is 5.11. The van der Waals surface area contributed by atoms with E-state index in [2.05, 4.69) is 55.7 Å². The third kappa shape index (κ3) is 8.24. The number of piperidine rings is 1. The Kier molecular flexibility index (Phi) is 10.8. The molecule has 1 atom stereocenters. The largest absolute Gasteiger partial charge is 0.357 e. The molecule has 1 aliphatic heterocycles. The number of nitrogens with one attached hydrogen (secondary N) is 2. The number of rotatable bonds is 7. The van der Waals surface area contributed by atoms with Gasteiger partial charge < -0.3 is 10.6 Å². The van der Waals surface area contributed by atoms with Crippen LogP contribution in [0.2, 0.25) is 0 Å². The van der Waals surface area contributed by atoms with Gasteiger partial charge in [-0.05, 0) is 38.2 Å². The summed E-state index contributed by atoms with van der Waals surface area (Å²) in [5.41, 5.74) is 2.57. The summed E-state index contributed by atoms with van der Waals surface area (Å²) in [6.45, 7) is 9.95. The van der Waals surface area contributed by atoms with Crippen molar-refractivity contribution < 1.29 is 8.42 Å². The molecule has 1 aromatic rings. The first-order valence-electron chi connectivity index (χ1n) is 9.83. The van der Waals surface area contributed by atoms with Crippen LogP contribution in [0.3, 0.4) is 0 Å². The van der Waals surface area contributed by atoms with Crippen molar-refractivity contribution in [2.24, 2.45) is 10.9 Å². The minimum atomic E-state index is -3.06. The molecule has 0 saturated carbocycles. The lowest BCUT2D eigenvalue weighted by atomic mass is 9.98. The summed E-state index contributed by atoms with van der Waals surface area (Å²) in [6.07, 6.45) is 3.06. The van der Waals surface area contributed by atoms with E-state index < -0.39 is 10.0 Å². The number of sulfonamides is 1. The zero-order chi connectivity index (χ0) is 19.9. The second-order valence-corrected chi connectivity index (χ2v) is 9.50. The van der Waals surface area contributed by atoms with Crippen molar-refractivity contribution in [3.63, 3.8) is 0 Å². The maximum absolute atomic E-state index is 11.6. The Labute approximate surface area is 187 Å². The van der Waals surface area contributed by atoms with E-state index in [-0.39, 0.29) is 24.0 Å². The van der Waals surface area contributed by atoms with Gasteiger partial charge in [-0.15, -0.1) is 24.0 Å². The summed E-state index contributed by atoms with van der Waals surface area (Å²) in [4.78, 5) is 4.74. The molecule has 2 N–H and O–H groups in total. The van der Waals surface area contributed by atoms with E-state index in [1.54, 1.807) is 4.31 Å². The topological polar surface area (TPSA) is 73.8 Å². The van der Waals surface area contributed by atoms with Crippen molar-refractivity contribution in [3.8, 4) is 0 Å². The Morgan fingerprint density at radius 2 is 1.82 bits per heavy atom. The van der Waals surface area contributed by atoms with Crippen molar-refractivity contribution in [3.05, 3.63) is 35.4 Å². The second kappa shape index (κ2) is 12.0. The molecule has 0 spiro atoms. The molecule has 8 heteroatoms. The maximum atomic E-state index is 11.6. The van der Waals surface area contributed by atoms with E-state index in [4.69, 9.17) is 4.99 Å². The number of aryl methyl sites for hydroxylation is 1. The Morgan fingerprint density at radius 1 is 1.21 bits per heavy atom. The van der Waals surface area contributed by atoms with Crippen molar-refractivity contribution in [1.82, 2.24) is 14.9 Å². The number of guanidine groups is 1. The molecule has 1 heterocycles. The molecular weight excluding hydrogens is 487 g/mol. The highest BCUT2D eigenvalue weighted by Crippen LogP contribution is 2.18. The molecule has 0 aliphatic carbocycles. The van der Waals surface area contributed by atoms with Gasteiger partial charge in [-0.1, -0.05) is 36.8 Å². The van der Waals surface area contributed by atoms with Crippen LogP contribution in [0.15, 0.2) is 29.3 Å². The standard InChI is InChI=1S/C20H34N4O2S.HI/c1-5-21-20(22-14-17(3)19-8-6-16(2)7-9-19)23-15-18-10-12-24(13-11-18)27(4,25)26;/h6-9,17-18H,5,10-15H2,1-4H3,(H2,21,22,23);1H. The van der Waals surface area contributed by atoms with E-state index in [1.807, 2.05) is 0 Å². The molecule has 1 saturated heterocycles. The second-order valence-electron chi connectivity index (χ2n) is 7.52. The van der Waals surface area contributed by atoms with E-state index >= 15 is 0 Å². The van der Waals surface area contributed by atoms with E-state index in [9.17, 15) is 8.42 Å². The summed E-state index contributed by atoms with van der Waals surface area (Å²) < 4.78 is 24.8. The molecular formula is C20H35IN4O2S. The first-order valence-corrected chi connectivity index (χ1v) is 11.7. The van der Waals surface area contributed by atoms with E-state index in [0.717, 1.165) is 38.4 Å². The average Bonchev–Trinajstić information content (AvgIpc) is 2.64. The van der Waals surface area contributed by atoms with Gasteiger partial charge in [-0.2, -0.15) is 0 Å². The van der Waals surface area contributed by atoms with Crippen LogP contribution in [0.1, 0.15) is 43.7 Å². The van der Waals surface area contributed by atoms with Gasteiger partial charge in [0.1, 0.15) is 0 Å². The number of halogens is 1. The highest BCUT2D eigenvalue weighted by Gasteiger charge is 2.24. The Balaban J connectivity index is 0.00000392. The Bertz CT molecular complexity index is 714. The minimum Gasteiger partial charge on any atom is -0.357 e. The van der Waals surface area contributed by atoms with Crippen LogP contribution in [-0.2, 0) is 10.0 Å².